The third-order valence-corrected chi connectivity index (χ3v) is 7.10. The van der Waals surface area contributed by atoms with Crippen LogP contribution in [0.2, 0.25) is 0 Å². The number of hydrogen-bond donors (Lipinski definition) is 1. The minimum Gasteiger partial charge on any atom is -0.307 e. The molecule has 0 saturated carbocycles. The molecule has 3 saturated heterocycles. The second kappa shape index (κ2) is 6.61. The zero-order chi connectivity index (χ0) is 18.3. The Hall–Kier alpha value is -2.02. The summed E-state index contributed by atoms with van der Waals surface area (Å²) in [4.78, 5) is -0.242. The largest absolute Gasteiger partial charge is 0.307 e. The molecule has 3 fully saturated rings. The predicted octanol–water partition coefficient (Wildman–Crippen LogP) is 2.99. The van der Waals surface area contributed by atoms with Gasteiger partial charge in [-0.3, -0.25) is 0 Å². The van der Waals surface area contributed by atoms with E-state index < -0.39 is 15.8 Å². The number of nitrogens with one attached hydrogen (secondary N) is 1. The molecule has 1 unspecified atom stereocenters. The Balaban J connectivity index is 1.53. The number of rotatable bonds is 4. The van der Waals surface area contributed by atoms with Crippen molar-refractivity contribution < 1.29 is 12.8 Å². The van der Waals surface area contributed by atoms with Gasteiger partial charge in [-0.05, 0) is 30.2 Å². The van der Waals surface area contributed by atoms with Crippen molar-refractivity contribution in [3.8, 4) is 0 Å². The average Bonchev–Trinajstić information content (AvgIpc) is 2.64. The van der Waals surface area contributed by atoms with E-state index in [0.29, 0.717) is 19.0 Å². The van der Waals surface area contributed by atoms with Crippen molar-refractivity contribution in [2.75, 3.05) is 13.1 Å². The molecule has 5 rings (SSSR count). The summed E-state index contributed by atoms with van der Waals surface area (Å²) in [6.45, 7) is 2.70. The second-order valence-electron chi connectivity index (χ2n) is 6.82. The van der Waals surface area contributed by atoms with Crippen LogP contribution in [0.5, 0.6) is 0 Å². The van der Waals surface area contributed by atoms with Crippen molar-refractivity contribution >= 4 is 16.1 Å². The fourth-order valence-corrected chi connectivity index (χ4v) is 5.52. The maximum absolute atomic E-state index is 14.0. The van der Waals surface area contributed by atoms with Crippen molar-refractivity contribution in [2.24, 2.45) is 0 Å². The van der Waals surface area contributed by atoms with E-state index in [-0.39, 0.29) is 17.0 Å². The molecule has 3 atom stereocenters. The molecule has 0 amide bonds. The Morgan fingerprint density at radius 3 is 2.35 bits per heavy atom. The molecule has 2 aromatic carbocycles. The summed E-state index contributed by atoms with van der Waals surface area (Å²) in [6.07, 6.45) is 4.05. The molecule has 0 spiro atoms. The minimum atomic E-state index is -3.81. The first-order chi connectivity index (χ1) is 12.5. The van der Waals surface area contributed by atoms with E-state index in [9.17, 15) is 12.8 Å². The Labute approximate surface area is 153 Å². The van der Waals surface area contributed by atoms with Crippen molar-refractivity contribution in [3.05, 3.63) is 71.6 Å². The summed E-state index contributed by atoms with van der Waals surface area (Å²) >= 11 is 0. The van der Waals surface area contributed by atoms with Gasteiger partial charge in [0.15, 0.2) is 0 Å². The van der Waals surface area contributed by atoms with Gasteiger partial charge in [-0.15, -0.1) is 0 Å². The number of piperidine rings is 1. The van der Waals surface area contributed by atoms with E-state index in [4.69, 9.17) is 0 Å². The standard InChI is InChI=1S/C20H21FN2O2S/c1-2-5-14-8-10-15(11-9-14)20-17-12-23(13-18(20)22-17)26(24,25)19-7-4-3-6-16(19)21/h2-11,17-18,20,22H,12-13H2,1H3/t17-,18+,20?. The molecule has 2 aromatic rings. The normalized spacial score (nSPS) is 26.0. The molecule has 6 heteroatoms. The highest BCUT2D eigenvalue weighted by molar-refractivity contribution is 7.89. The number of halogens is 1. The molecule has 2 bridgehead atoms. The SMILES string of the molecule is CC=Cc1ccc(C2[C@@H]3CN(S(=O)(=O)c4ccccc4F)C[C@H]2N3)cc1. The minimum absolute atomic E-state index is 0.0582. The lowest BCUT2D eigenvalue weighted by Crippen LogP contribution is -2.72. The fourth-order valence-electron chi connectivity index (χ4n) is 3.97. The molecular weight excluding hydrogens is 351 g/mol. The van der Waals surface area contributed by atoms with Gasteiger partial charge in [-0.25, -0.2) is 12.8 Å². The first kappa shape index (κ1) is 17.4. The third-order valence-electron chi connectivity index (χ3n) is 5.23. The van der Waals surface area contributed by atoms with Crippen LogP contribution in [0.3, 0.4) is 0 Å². The fraction of sp³-hybridized carbons (Fsp3) is 0.300. The van der Waals surface area contributed by atoms with Crippen molar-refractivity contribution in [2.45, 2.75) is 29.8 Å². The first-order valence-electron chi connectivity index (χ1n) is 8.74. The molecule has 26 heavy (non-hydrogen) atoms. The highest BCUT2D eigenvalue weighted by Gasteiger charge is 2.50. The van der Waals surface area contributed by atoms with Gasteiger partial charge in [0.1, 0.15) is 10.7 Å². The lowest BCUT2D eigenvalue weighted by molar-refractivity contribution is 0.101. The Morgan fingerprint density at radius 2 is 1.73 bits per heavy atom. The van der Waals surface area contributed by atoms with E-state index in [1.165, 1.54) is 28.1 Å². The molecule has 0 aliphatic carbocycles. The van der Waals surface area contributed by atoms with Crippen LogP contribution >= 0.6 is 0 Å². The first-order valence-corrected chi connectivity index (χ1v) is 10.2. The quantitative estimate of drug-likeness (QED) is 0.898. The molecule has 3 aliphatic rings. The monoisotopic (exact) mass is 372 g/mol. The van der Waals surface area contributed by atoms with E-state index in [0.717, 1.165) is 5.56 Å². The summed E-state index contributed by atoms with van der Waals surface area (Å²) in [5.74, 6) is -0.405. The molecule has 136 valence electrons. The molecular formula is C20H21FN2O2S. The summed E-state index contributed by atoms with van der Waals surface area (Å²) in [5.41, 5.74) is 2.37. The summed E-state index contributed by atoms with van der Waals surface area (Å²) in [5, 5.41) is 3.42. The summed E-state index contributed by atoms with van der Waals surface area (Å²) in [7, 11) is -3.81. The van der Waals surface area contributed by atoms with Crippen LogP contribution in [0.4, 0.5) is 4.39 Å². The van der Waals surface area contributed by atoms with Crippen LogP contribution < -0.4 is 5.32 Å². The van der Waals surface area contributed by atoms with Crippen LogP contribution in [0.15, 0.2) is 59.5 Å². The van der Waals surface area contributed by atoms with E-state index >= 15 is 0 Å². The topological polar surface area (TPSA) is 49.4 Å². The number of benzene rings is 2. The molecule has 3 heterocycles. The lowest BCUT2D eigenvalue weighted by atomic mass is 9.75. The van der Waals surface area contributed by atoms with Crippen LogP contribution in [-0.2, 0) is 10.0 Å². The highest BCUT2D eigenvalue weighted by atomic mass is 32.2. The average molecular weight is 372 g/mol. The Bertz CT molecular complexity index is 929. The zero-order valence-corrected chi connectivity index (χ0v) is 15.3. The van der Waals surface area contributed by atoms with Crippen molar-refractivity contribution in [1.82, 2.24) is 9.62 Å². The number of nitrogens with zero attached hydrogens (tertiary/aromatic N) is 1. The molecule has 0 radical (unpaired) electrons. The Kier molecular flexibility index (Phi) is 4.42. The maximum atomic E-state index is 14.0. The number of allylic oxidation sites excluding steroid dienone is 1. The van der Waals surface area contributed by atoms with Gasteiger partial charge in [0, 0.05) is 31.1 Å². The van der Waals surface area contributed by atoms with Gasteiger partial charge in [0.25, 0.3) is 0 Å². The van der Waals surface area contributed by atoms with Gasteiger partial charge < -0.3 is 5.32 Å². The molecule has 1 N–H and O–H groups in total. The van der Waals surface area contributed by atoms with Gasteiger partial charge >= 0.3 is 0 Å². The predicted molar refractivity (Wildman–Crippen MR) is 99.8 cm³/mol. The van der Waals surface area contributed by atoms with Gasteiger partial charge in [-0.2, -0.15) is 4.31 Å². The van der Waals surface area contributed by atoms with Crippen LogP contribution in [0.25, 0.3) is 6.08 Å². The smallest absolute Gasteiger partial charge is 0.246 e. The van der Waals surface area contributed by atoms with E-state index in [1.807, 2.05) is 19.1 Å². The van der Waals surface area contributed by atoms with Gasteiger partial charge in [-0.1, -0.05) is 48.6 Å². The van der Waals surface area contributed by atoms with Crippen molar-refractivity contribution in [3.63, 3.8) is 0 Å². The second-order valence-corrected chi connectivity index (χ2v) is 8.73. The molecule has 0 aromatic heterocycles. The summed E-state index contributed by atoms with van der Waals surface area (Å²) < 4.78 is 40.9. The zero-order valence-electron chi connectivity index (χ0n) is 14.5. The molecule has 4 nitrogen and oxygen atoms in total. The van der Waals surface area contributed by atoms with Crippen LogP contribution in [0, 0.1) is 5.82 Å². The van der Waals surface area contributed by atoms with Crippen LogP contribution in [0.1, 0.15) is 24.0 Å². The molecule has 3 aliphatic heterocycles. The third kappa shape index (κ3) is 2.88. The number of hydrogen-bond acceptors (Lipinski definition) is 3. The van der Waals surface area contributed by atoms with Crippen molar-refractivity contribution in [1.29, 1.82) is 0 Å². The van der Waals surface area contributed by atoms with E-state index in [2.05, 4.69) is 29.6 Å². The van der Waals surface area contributed by atoms with Gasteiger partial charge in [0.05, 0.1) is 0 Å². The van der Waals surface area contributed by atoms with E-state index in [1.54, 1.807) is 6.07 Å². The number of fused-ring (bicyclic) bond motifs is 2. The summed E-state index contributed by atoms with van der Waals surface area (Å²) in [6, 6.07) is 14.1. The van der Waals surface area contributed by atoms with Crippen LogP contribution in [-0.4, -0.2) is 37.9 Å². The maximum Gasteiger partial charge on any atom is 0.246 e. The number of sulfonamides is 1. The highest BCUT2D eigenvalue weighted by Crippen LogP contribution is 2.38. The number of piperazine rings is 1. The Morgan fingerprint density at radius 1 is 1.08 bits per heavy atom. The van der Waals surface area contributed by atoms with Gasteiger partial charge in [0.2, 0.25) is 10.0 Å². The lowest BCUT2D eigenvalue weighted by Gasteiger charge is -2.54.